The number of anilines is 1. The van der Waals surface area contributed by atoms with Crippen molar-refractivity contribution in [2.24, 2.45) is 5.92 Å². The molecule has 3 nitrogen and oxygen atoms in total. The number of para-hydroxylation sites is 1. The van der Waals surface area contributed by atoms with Crippen LogP contribution >= 0.6 is 15.9 Å². The molecule has 2 amide bonds. The van der Waals surface area contributed by atoms with Gasteiger partial charge in [0.05, 0.1) is 11.6 Å². The van der Waals surface area contributed by atoms with E-state index in [1.165, 1.54) is 4.90 Å². The summed E-state index contributed by atoms with van der Waals surface area (Å²) in [7, 11) is 0. The minimum absolute atomic E-state index is 0.103. The summed E-state index contributed by atoms with van der Waals surface area (Å²) in [5.74, 6) is -0.485. The number of carbonyl (C=O) groups excluding carboxylic acids is 2. The quantitative estimate of drug-likeness (QED) is 0.799. The lowest BCUT2D eigenvalue weighted by atomic mass is 9.98. The number of hydrogen-bond acceptors (Lipinski definition) is 2. The van der Waals surface area contributed by atoms with E-state index < -0.39 is 0 Å². The number of hydrogen-bond donors (Lipinski definition) is 0. The zero-order chi connectivity index (χ0) is 14.8. The van der Waals surface area contributed by atoms with Gasteiger partial charge in [0.25, 0.3) is 0 Å². The molecule has 3 rings (SSSR count). The predicted molar refractivity (Wildman–Crippen MR) is 84.9 cm³/mol. The Bertz CT molecular complexity index is 667. The number of halogens is 1. The zero-order valence-corrected chi connectivity index (χ0v) is 12.9. The van der Waals surface area contributed by atoms with Crippen molar-refractivity contribution in [3.63, 3.8) is 0 Å². The van der Waals surface area contributed by atoms with Gasteiger partial charge in [-0.1, -0.05) is 46.3 Å². The van der Waals surface area contributed by atoms with Crippen molar-refractivity contribution < 1.29 is 9.59 Å². The van der Waals surface area contributed by atoms with Crippen LogP contribution in [-0.4, -0.2) is 11.8 Å². The highest BCUT2D eigenvalue weighted by molar-refractivity contribution is 9.10. The van der Waals surface area contributed by atoms with Gasteiger partial charge in [-0.3, -0.25) is 14.5 Å². The maximum absolute atomic E-state index is 12.5. The number of rotatable bonds is 3. The van der Waals surface area contributed by atoms with Gasteiger partial charge in [-0.15, -0.1) is 0 Å². The van der Waals surface area contributed by atoms with Crippen LogP contribution in [-0.2, 0) is 16.0 Å². The number of carbonyl (C=O) groups is 2. The molecule has 1 saturated heterocycles. The average molecular weight is 344 g/mol. The van der Waals surface area contributed by atoms with Crippen LogP contribution in [0.15, 0.2) is 59.1 Å². The number of imide groups is 1. The fourth-order valence-corrected chi connectivity index (χ4v) is 2.87. The molecule has 0 unspecified atom stereocenters. The Kier molecular flexibility index (Phi) is 3.88. The Morgan fingerprint density at radius 3 is 2.33 bits per heavy atom. The minimum Gasteiger partial charge on any atom is -0.274 e. The predicted octanol–water partition coefficient (Wildman–Crippen LogP) is 3.57. The second-order valence-electron chi connectivity index (χ2n) is 5.13. The molecule has 1 aliphatic rings. The maximum atomic E-state index is 12.5. The zero-order valence-electron chi connectivity index (χ0n) is 11.3. The molecule has 21 heavy (non-hydrogen) atoms. The van der Waals surface area contributed by atoms with Gasteiger partial charge in [0.1, 0.15) is 0 Å². The van der Waals surface area contributed by atoms with Gasteiger partial charge < -0.3 is 0 Å². The number of nitrogens with zero attached hydrogens (tertiary/aromatic N) is 1. The molecule has 2 aromatic rings. The minimum atomic E-state index is -0.265. The van der Waals surface area contributed by atoms with Crippen molar-refractivity contribution in [3.8, 4) is 0 Å². The van der Waals surface area contributed by atoms with Gasteiger partial charge in [0.15, 0.2) is 0 Å². The summed E-state index contributed by atoms with van der Waals surface area (Å²) >= 11 is 3.39. The van der Waals surface area contributed by atoms with Gasteiger partial charge in [-0.2, -0.15) is 0 Å². The third-order valence-electron chi connectivity index (χ3n) is 3.65. The molecule has 0 aliphatic carbocycles. The normalized spacial score (nSPS) is 18.3. The van der Waals surface area contributed by atoms with E-state index in [0.29, 0.717) is 12.1 Å². The second-order valence-corrected chi connectivity index (χ2v) is 6.05. The highest BCUT2D eigenvalue weighted by atomic mass is 79.9. The van der Waals surface area contributed by atoms with Crippen molar-refractivity contribution in [1.29, 1.82) is 0 Å². The van der Waals surface area contributed by atoms with Crippen molar-refractivity contribution in [3.05, 3.63) is 64.6 Å². The summed E-state index contributed by atoms with van der Waals surface area (Å²) in [4.78, 5) is 25.9. The first-order valence-corrected chi connectivity index (χ1v) is 7.61. The Labute approximate surface area is 131 Å². The summed E-state index contributed by atoms with van der Waals surface area (Å²) in [6, 6.07) is 17.0. The van der Waals surface area contributed by atoms with Crippen molar-refractivity contribution in [2.45, 2.75) is 12.8 Å². The molecule has 4 heteroatoms. The van der Waals surface area contributed by atoms with Gasteiger partial charge in [-0.25, -0.2) is 0 Å². The van der Waals surface area contributed by atoms with Gasteiger partial charge in [-0.05, 0) is 36.2 Å². The maximum Gasteiger partial charge on any atom is 0.237 e. The summed E-state index contributed by atoms with van der Waals surface area (Å²) < 4.78 is 1.01. The number of benzene rings is 2. The SMILES string of the molecule is O=C1C[C@@H](Cc2ccc(Br)cc2)C(=O)N1c1ccccc1. The van der Waals surface area contributed by atoms with Gasteiger partial charge >= 0.3 is 0 Å². The Morgan fingerprint density at radius 2 is 1.67 bits per heavy atom. The fraction of sp³-hybridized carbons (Fsp3) is 0.176. The third kappa shape index (κ3) is 2.90. The molecule has 0 N–H and O–H groups in total. The molecule has 0 spiro atoms. The average Bonchev–Trinajstić information content (AvgIpc) is 2.77. The molecule has 0 radical (unpaired) electrons. The highest BCUT2D eigenvalue weighted by Crippen LogP contribution is 2.28. The molecule has 1 fully saturated rings. The molecule has 2 aromatic carbocycles. The first kappa shape index (κ1) is 14.0. The first-order valence-electron chi connectivity index (χ1n) is 6.81. The summed E-state index contributed by atoms with van der Waals surface area (Å²) in [6.07, 6.45) is 0.880. The van der Waals surface area contributed by atoms with Gasteiger partial charge in [0.2, 0.25) is 11.8 Å². The Balaban J connectivity index is 1.79. The molecule has 0 aromatic heterocycles. The van der Waals surface area contributed by atoms with E-state index in [2.05, 4.69) is 15.9 Å². The van der Waals surface area contributed by atoms with Crippen LogP contribution in [0.3, 0.4) is 0 Å². The first-order chi connectivity index (χ1) is 10.1. The molecule has 1 heterocycles. The van der Waals surface area contributed by atoms with Crippen LogP contribution in [0, 0.1) is 5.92 Å². The highest BCUT2D eigenvalue weighted by Gasteiger charge is 2.39. The van der Waals surface area contributed by atoms with E-state index in [9.17, 15) is 9.59 Å². The molecule has 1 aliphatic heterocycles. The van der Waals surface area contributed by atoms with Crippen LogP contribution in [0.25, 0.3) is 0 Å². The lowest BCUT2D eigenvalue weighted by Crippen LogP contribution is -2.30. The summed E-state index contributed by atoms with van der Waals surface area (Å²) in [6.45, 7) is 0. The van der Waals surface area contributed by atoms with E-state index >= 15 is 0 Å². The van der Waals surface area contributed by atoms with E-state index in [1.54, 1.807) is 12.1 Å². The van der Waals surface area contributed by atoms with Crippen molar-refractivity contribution in [1.82, 2.24) is 0 Å². The molecular formula is C17H14BrNO2. The van der Waals surface area contributed by atoms with E-state index in [0.717, 1.165) is 10.0 Å². The Hall–Kier alpha value is -1.94. The van der Waals surface area contributed by atoms with Crippen LogP contribution < -0.4 is 4.90 Å². The monoisotopic (exact) mass is 343 g/mol. The Morgan fingerprint density at radius 1 is 1.00 bits per heavy atom. The van der Waals surface area contributed by atoms with E-state index in [1.807, 2.05) is 42.5 Å². The van der Waals surface area contributed by atoms with Crippen molar-refractivity contribution in [2.75, 3.05) is 4.90 Å². The van der Waals surface area contributed by atoms with Crippen LogP contribution in [0.4, 0.5) is 5.69 Å². The largest absolute Gasteiger partial charge is 0.274 e. The van der Waals surface area contributed by atoms with Gasteiger partial charge in [0, 0.05) is 10.9 Å². The lowest BCUT2D eigenvalue weighted by molar-refractivity contribution is -0.122. The summed E-state index contributed by atoms with van der Waals surface area (Å²) in [5, 5.41) is 0. The fourth-order valence-electron chi connectivity index (χ4n) is 2.61. The molecule has 0 bridgehead atoms. The van der Waals surface area contributed by atoms with Crippen LogP contribution in [0.2, 0.25) is 0 Å². The molecule has 0 saturated carbocycles. The molecular weight excluding hydrogens is 330 g/mol. The van der Waals surface area contributed by atoms with Crippen LogP contribution in [0.1, 0.15) is 12.0 Å². The molecule has 106 valence electrons. The molecule has 1 atom stereocenters. The van der Waals surface area contributed by atoms with Crippen molar-refractivity contribution >= 4 is 33.4 Å². The van der Waals surface area contributed by atoms with E-state index in [-0.39, 0.29) is 24.2 Å². The summed E-state index contributed by atoms with van der Waals surface area (Å²) in [5.41, 5.74) is 1.73. The standard InChI is InChI=1S/C17H14BrNO2/c18-14-8-6-12(7-9-14)10-13-11-16(20)19(17(13)21)15-4-2-1-3-5-15/h1-9,13H,10-11H2/t13-/m1/s1. The lowest BCUT2D eigenvalue weighted by Gasteiger charge is -2.14. The third-order valence-corrected chi connectivity index (χ3v) is 4.18. The topological polar surface area (TPSA) is 37.4 Å². The number of amides is 2. The van der Waals surface area contributed by atoms with Crippen LogP contribution in [0.5, 0.6) is 0 Å². The van der Waals surface area contributed by atoms with E-state index in [4.69, 9.17) is 0 Å². The smallest absolute Gasteiger partial charge is 0.237 e. The second kappa shape index (κ2) is 5.82.